The van der Waals surface area contributed by atoms with Crippen LogP contribution in [-0.2, 0) is 0 Å². The van der Waals surface area contributed by atoms with Crippen LogP contribution in [0.15, 0.2) is 10.7 Å². The number of hydrogen-bond acceptors (Lipinski definition) is 4. The predicted molar refractivity (Wildman–Crippen MR) is 46.5 cm³/mol. The number of nitrogens with one attached hydrogen (secondary N) is 1. The molecule has 1 aliphatic rings. The van der Waals surface area contributed by atoms with Crippen molar-refractivity contribution in [2.24, 2.45) is 0 Å². The van der Waals surface area contributed by atoms with Gasteiger partial charge >= 0.3 is 0 Å². The number of aldehydes is 1. The molecule has 1 aromatic rings. The highest BCUT2D eigenvalue weighted by Crippen LogP contribution is 2.21. The van der Waals surface area contributed by atoms with E-state index >= 15 is 0 Å². The summed E-state index contributed by atoms with van der Waals surface area (Å²) in [5.74, 6) is 0.641. The number of rotatable bonds is 2. The number of piperidine rings is 1. The second kappa shape index (κ2) is 3.70. The van der Waals surface area contributed by atoms with Gasteiger partial charge in [-0.25, -0.2) is 4.98 Å². The maximum Gasteiger partial charge on any atom is 0.211 e. The smallest absolute Gasteiger partial charge is 0.211 e. The summed E-state index contributed by atoms with van der Waals surface area (Å²) in [5.41, 5.74) is 0.377. The highest BCUT2D eigenvalue weighted by Gasteiger charge is 2.19. The molecule has 1 atom stereocenters. The first-order valence-electron chi connectivity index (χ1n) is 4.54. The minimum Gasteiger partial charge on any atom is -0.446 e. The third-order valence-corrected chi connectivity index (χ3v) is 2.27. The van der Waals surface area contributed by atoms with Crippen molar-refractivity contribution in [2.75, 3.05) is 6.54 Å². The Morgan fingerprint density at radius 3 is 3.15 bits per heavy atom. The van der Waals surface area contributed by atoms with Crippen LogP contribution in [0.5, 0.6) is 0 Å². The molecule has 1 aliphatic heterocycles. The molecule has 4 heteroatoms. The number of carbonyl (C=O) groups excluding carboxylic acids is 1. The first-order valence-corrected chi connectivity index (χ1v) is 4.54. The summed E-state index contributed by atoms with van der Waals surface area (Å²) < 4.78 is 5.19. The molecule has 4 nitrogen and oxygen atoms in total. The van der Waals surface area contributed by atoms with Crippen molar-refractivity contribution in [1.82, 2.24) is 10.3 Å². The van der Waals surface area contributed by atoms with Crippen molar-refractivity contribution in [2.45, 2.75) is 25.3 Å². The third kappa shape index (κ3) is 1.78. The van der Waals surface area contributed by atoms with Gasteiger partial charge in [0.05, 0.1) is 6.04 Å². The molecule has 2 heterocycles. The Balaban J connectivity index is 2.09. The van der Waals surface area contributed by atoms with E-state index in [-0.39, 0.29) is 6.04 Å². The van der Waals surface area contributed by atoms with E-state index in [1.54, 1.807) is 0 Å². The van der Waals surface area contributed by atoms with Crippen LogP contribution in [0.2, 0.25) is 0 Å². The van der Waals surface area contributed by atoms with Gasteiger partial charge in [-0.05, 0) is 19.4 Å². The number of aromatic nitrogens is 1. The molecule has 1 N–H and O–H groups in total. The Morgan fingerprint density at radius 2 is 2.54 bits per heavy atom. The first kappa shape index (κ1) is 8.44. The van der Waals surface area contributed by atoms with E-state index in [9.17, 15) is 4.79 Å². The summed E-state index contributed by atoms with van der Waals surface area (Å²) in [5, 5.41) is 3.30. The third-order valence-electron chi connectivity index (χ3n) is 2.27. The fourth-order valence-corrected chi connectivity index (χ4v) is 1.58. The lowest BCUT2D eigenvalue weighted by Crippen LogP contribution is -2.26. The van der Waals surface area contributed by atoms with E-state index in [1.165, 1.54) is 19.1 Å². The summed E-state index contributed by atoms with van der Waals surface area (Å²) in [6, 6.07) is 0.197. The molecule has 1 aromatic heterocycles. The zero-order valence-electron chi connectivity index (χ0n) is 7.32. The van der Waals surface area contributed by atoms with E-state index in [4.69, 9.17) is 4.42 Å². The largest absolute Gasteiger partial charge is 0.446 e. The number of nitrogens with zero attached hydrogens (tertiary/aromatic N) is 1. The van der Waals surface area contributed by atoms with Crippen LogP contribution in [0, 0.1) is 0 Å². The van der Waals surface area contributed by atoms with Gasteiger partial charge in [-0.2, -0.15) is 0 Å². The Labute approximate surface area is 76.3 Å². The minimum atomic E-state index is 0.197. The fourth-order valence-electron chi connectivity index (χ4n) is 1.58. The average Bonchev–Trinajstić information content (AvgIpc) is 2.67. The van der Waals surface area contributed by atoms with Crippen LogP contribution in [0.1, 0.15) is 41.7 Å². The predicted octanol–water partition coefficient (Wildman–Crippen LogP) is 1.30. The Kier molecular flexibility index (Phi) is 2.40. The van der Waals surface area contributed by atoms with E-state index in [1.807, 2.05) is 0 Å². The van der Waals surface area contributed by atoms with Crippen LogP contribution in [-0.4, -0.2) is 17.8 Å². The molecular weight excluding hydrogens is 168 g/mol. The summed E-state index contributed by atoms with van der Waals surface area (Å²) in [6.45, 7) is 1.00. The van der Waals surface area contributed by atoms with Crippen LogP contribution >= 0.6 is 0 Å². The van der Waals surface area contributed by atoms with Gasteiger partial charge < -0.3 is 9.73 Å². The molecule has 13 heavy (non-hydrogen) atoms. The van der Waals surface area contributed by atoms with Crippen molar-refractivity contribution < 1.29 is 9.21 Å². The second-order valence-corrected chi connectivity index (χ2v) is 3.23. The van der Waals surface area contributed by atoms with Crippen molar-refractivity contribution in [3.05, 3.63) is 17.8 Å². The Morgan fingerprint density at radius 1 is 1.62 bits per heavy atom. The van der Waals surface area contributed by atoms with E-state index in [2.05, 4.69) is 10.3 Å². The first-order chi connectivity index (χ1) is 6.40. The van der Waals surface area contributed by atoms with Gasteiger partial charge in [0.15, 0.2) is 6.29 Å². The standard InChI is InChI=1S/C9H12N2O2/c12-5-7-6-13-9(11-7)8-3-1-2-4-10-8/h5-6,8,10H,1-4H2. The lowest BCUT2D eigenvalue weighted by Gasteiger charge is -2.19. The monoisotopic (exact) mass is 180 g/mol. The molecule has 0 aliphatic carbocycles. The van der Waals surface area contributed by atoms with Crippen molar-refractivity contribution in [3.63, 3.8) is 0 Å². The Bertz CT molecular complexity index is 290. The zero-order chi connectivity index (χ0) is 9.10. The van der Waals surface area contributed by atoms with Crippen LogP contribution in [0.4, 0.5) is 0 Å². The number of hydrogen-bond donors (Lipinski definition) is 1. The topological polar surface area (TPSA) is 55.1 Å². The fraction of sp³-hybridized carbons (Fsp3) is 0.556. The lowest BCUT2D eigenvalue weighted by molar-refractivity contribution is 0.111. The molecule has 0 spiro atoms. The van der Waals surface area contributed by atoms with Gasteiger partial charge in [-0.15, -0.1) is 0 Å². The molecule has 1 fully saturated rings. The molecule has 0 bridgehead atoms. The molecule has 0 saturated carbocycles. The number of carbonyl (C=O) groups is 1. The molecule has 0 amide bonds. The van der Waals surface area contributed by atoms with Crippen molar-refractivity contribution >= 4 is 6.29 Å². The van der Waals surface area contributed by atoms with Gasteiger partial charge in [0.25, 0.3) is 0 Å². The molecular formula is C9H12N2O2. The summed E-state index contributed by atoms with van der Waals surface area (Å²) in [4.78, 5) is 14.4. The SMILES string of the molecule is O=Cc1coc(C2CCCCN2)n1. The maximum atomic E-state index is 10.4. The second-order valence-electron chi connectivity index (χ2n) is 3.23. The van der Waals surface area contributed by atoms with E-state index in [0.717, 1.165) is 13.0 Å². The van der Waals surface area contributed by atoms with Gasteiger partial charge in [0.1, 0.15) is 12.0 Å². The van der Waals surface area contributed by atoms with Gasteiger partial charge in [0.2, 0.25) is 5.89 Å². The van der Waals surface area contributed by atoms with Gasteiger partial charge in [-0.3, -0.25) is 4.79 Å². The van der Waals surface area contributed by atoms with E-state index < -0.39 is 0 Å². The molecule has 70 valence electrons. The molecule has 2 rings (SSSR count). The van der Waals surface area contributed by atoms with Crippen LogP contribution in [0.3, 0.4) is 0 Å². The maximum absolute atomic E-state index is 10.4. The van der Waals surface area contributed by atoms with Crippen molar-refractivity contribution in [3.8, 4) is 0 Å². The van der Waals surface area contributed by atoms with E-state index in [0.29, 0.717) is 17.9 Å². The quantitative estimate of drug-likeness (QED) is 0.697. The molecule has 1 unspecified atom stereocenters. The van der Waals surface area contributed by atoms with Crippen LogP contribution in [0.25, 0.3) is 0 Å². The number of oxazole rings is 1. The van der Waals surface area contributed by atoms with Gasteiger partial charge in [0, 0.05) is 0 Å². The minimum absolute atomic E-state index is 0.197. The summed E-state index contributed by atoms with van der Waals surface area (Å²) in [7, 11) is 0. The lowest BCUT2D eigenvalue weighted by atomic mass is 10.1. The average molecular weight is 180 g/mol. The summed E-state index contributed by atoms with van der Waals surface area (Å²) >= 11 is 0. The Hall–Kier alpha value is -1.16. The highest BCUT2D eigenvalue weighted by atomic mass is 16.3. The summed E-state index contributed by atoms with van der Waals surface area (Å²) in [6.07, 6.45) is 5.54. The van der Waals surface area contributed by atoms with Crippen molar-refractivity contribution in [1.29, 1.82) is 0 Å². The zero-order valence-corrected chi connectivity index (χ0v) is 7.32. The van der Waals surface area contributed by atoms with Crippen LogP contribution < -0.4 is 5.32 Å². The van der Waals surface area contributed by atoms with Gasteiger partial charge in [-0.1, -0.05) is 6.42 Å². The highest BCUT2D eigenvalue weighted by molar-refractivity contribution is 5.70. The molecule has 0 aromatic carbocycles. The molecule has 1 saturated heterocycles. The molecule has 0 radical (unpaired) electrons. The normalized spacial score (nSPS) is 22.9.